The molecule has 5 nitrogen and oxygen atoms in total. The van der Waals surface area contributed by atoms with Gasteiger partial charge >= 0.3 is 29.6 Å². The summed E-state index contributed by atoms with van der Waals surface area (Å²) < 4.78 is 34.0. The first kappa shape index (κ1) is 18.2. The van der Waals surface area contributed by atoms with E-state index in [1.54, 1.807) is 0 Å². The van der Waals surface area contributed by atoms with Gasteiger partial charge in [-0.2, -0.15) is 8.42 Å². The number of aliphatic hydroxyl groups excluding tert-OH is 1. The number of rotatable bonds is 8. The van der Waals surface area contributed by atoms with Crippen LogP contribution < -0.4 is 0 Å². The predicted molar refractivity (Wildman–Crippen MR) is 59.9 cm³/mol. The number of hydrogen-bond acceptors (Lipinski definition) is 4. The van der Waals surface area contributed by atoms with E-state index in [1.165, 1.54) is 0 Å². The van der Waals surface area contributed by atoms with Crippen LogP contribution in [0.2, 0.25) is 0 Å². The van der Waals surface area contributed by atoms with Crippen molar-refractivity contribution in [1.82, 2.24) is 0 Å². The van der Waals surface area contributed by atoms with Gasteiger partial charge < -0.3 is 9.84 Å². The molecule has 0 aromatic rings. The van der Waals surface area contributed by atoms with E-state index in [-0.39, 0.29) is 36.2 Å². The number of hydrogen-bond donors (Lipinski definition) is 2. The van der Waals surface area contributed by atoms with Crippen LogP contribution in [0.5, 0.6) is 0 Å². The molecule has 0 spiro atoms. The molecule has 0 rings (SSSR count). The Morgan fingerprint density at radius 1 is 1.33 bits per heavy atom. The Morgan fingerprint density at radius 2 is 1.93 bits per heavy atom. The van der Waals surface area contributed by atoms with E-state index in [1.807, 2.05) is 0 Å². The summed E-state index contributed by atoms with van der Waals surface area (Å²) in [6.45, 7) is 2.52. The van der Waals surface area contributed by atoms with Crippen molar-refractivity contribution in [3.8, 4) is 0 Å². The molecule has 0 aromatic heterocycles. The van der Waals surface area contributed by atoms with E-state index >= 15 is 0 Å². The van der Waals surface area contributed by atoms with Gasteiger partial charge in [-0.05, 0) is 6.42 Å². The van der Waals surface area contributed by atoms with Gasteiger partial charge in [-0.15, -0.1) is 0 Å². The number of ether oxygens (including phenoxy) is 1. The first-order valence-electron chi connectivity index (χ1n) is 4.66. The van der Waals surface area contributed by atoms with Crippen molar-refractivity contribution in [2.24, 2.45) is 0 Å². The Hall–Kier alpha value is 0.830. The molecule has 0 aliphatic rings. The van der Waals surface area contributed by atoms with Crippen LogP contribution in [0.3, 0.4) is 0 Å². The molecule has 0 fully saturated rings. The molecule has 0 aliphatic carbocycles. The third-order valence-electron chi connectivity index (χ3n) is 1.61. The molecule has 1 atom stereocenters. The molecule has 0 aliphatic heterocycles. The van der Waals surface area contributed by atoms with Crippen molar-refractivity contribution < 1.29 is 22.8 Å². The molecule has 7 heteroatoms. The average Bonchev–Trinajstić information content (AvgIpc) is 2.00. The van der Waals surface area contributed by atoms with Gasteiger partial charge in [-0.25, -0.2) is 0 Å². The summed E-state index contributed by atoms with van der Waals surface area (Å²) in [5.74, 6) is -0.666. The van der Waals surface area contributed by atoms with Gasteiger partial charge in [0.2, 0.25) is 0 Å². The second-order valence-corrected chi connectivity index (χ2v) is 4.68. The van der Waals surface area contributed by atoms with Crippen LogP contribution in [0.15, 0.2) is 0 Å². The van der Waals surface area contributed by atoms with Crippen molar-refractivity contribution >= 4 is 39.7 Å². The second kappa shape index (κ2) is 10.0. The van der Waals surface area contributed by atoms with Gasteiger partial charge in [0, 0.05) is 6.61 Å². The SMILES string of the molecule is CCCCCOCC(O)CS(=O)(=O)O.[NaH]. The van der Waals surface area contributed by atoms with Gasteiger partial charge in [-0.3, -0.25) is 4.55 Å². The van der Waals surface area contributed by atoms with Gasteiger partial charge in [0.25, 0.3) is 10.1 Å². The van der Waals surface area contributed by atoms with Gasteiger partial charge in [0.05, 0.1) is 12.7 Å². The summed E-state index contributed by atoms with van der Waals surface area (Å²) in [6.07, 6.45) is 1.88. The van der Waals surface area contributed by atoms with E-state index < -0.39 is 22.0 Å². The maximum absolute atomic E-state index is 10.3. The van der Waals surface area contributed by atoms with Crippen LogP contribution in [-0.2, 0) is 14.9 Å². The van der Waals surface area contributed by atoms with E-state index in [4.69, 9.17) is 14.4 Å². The molecule has 2 N–H and O–H groups in total. The Labute approximate surface area is 113 Å². The van der Waals surface area contributed by atoms with E-state index in [0.29, 0.717) is 6.61 Å². The summed E-state index contributed by atoms with van der Waals surface area (Å²) in [5.41, 5.74) is 0. The molecule has 15 heavy (non-hydrogen) atoms. The molecule has 0 saturated carbocycles. The average molecular weight is 250 g/mol. The second-order valence-electron chi connectivity index (χ2n) is 3.18. The van der Waals surface area contributed by atoms with Gasteiger partial charge in [0.1, 0.15) is 5.75 Å². The zero-order valence-corrected chi connectivity index (χ0v) is 9.16. The fourth-order valence-corrected chi connectivity index (χ4v) is 1.55. The molecule has 0 saturated heterocycles. The van der Waals surface area contributed by atoms with Crippen LogP contribution in [0.25, 0.3) is 0 Å². The van der Waals surface area contributed by atoms with Crippen LogP contribution in [0, 0.1) is 0 Å². The van der Waals surface area contributed by atoms with Crippen molar-refractivity contribution in [3.63, 3.8) is 0 Å². The monoisotopic (exact) mass is 250 g/mol. The fourth-order valence-electron chi connectivity index (χ4n) is 0.965. The predicted octanol–water partition coefficient (Wildman–Crippen LogP) is -0.207. The van der Waals surface area contributed by atoms with Crippen molar-refractivity contribution in [2.45, 2.75) is 32.3 Å². The molecule has 0 bridgehead atoms. The van der Waals surface area contributed by atoms with Gasteiger partial charge in [0.15, 0.2) is 0 Å². The topological polar surface area (TPSA) is 83.8 Å². The third-order valence-corrected chi connectivity index (χ3v) is 2.41. The van der Waals surface area contributed by atoms with Crippen LogP contribution in [0.4, 0.5) is 0 Å². The number of unbranched alkanes of at least 4 members (excludes halogenated alkanes) is 2. The maximum atomic E-state index is 10.3. The van der Waals surface area contributed by atoms with E-state index in [0.717, 1.165) is 19.3 Å². The van der Waals surface area contributed by atoms with Crippen molar-refractivity contribution in [3.05, 3.63) is 0 Å². The standard InChI is InChI=1S/C8H18O5S.Na.H/c1-2-3-4-5-13-6-8(9)7-14(10,11)12;;/h8-9H,2-7H2,1H3,(H,10,11,12);;. The minimum absolute atomic E-state index is 0. The van der Waals surface area contributed by atoms with Gasteiger partial charge in [-0.1, -0.05) is 19.8 Å². The number of aliphatic hydroxyl groups is 1. The Balaban J connectivity index is 0. The molecule has 1 unspecified atom stereocenters. The normalized spacial score (nSPS) is 13.3. The zero-order valence-electron chi connectivity index (χ0n) is 8.35. The summed E-state index contributed by atoms with van der Waals surface area (Å²) >= 11 is 0. The Morgan fingerprint density at radius 3 is 2.40 bits per heavy atom. The Bertz CT molecular complexity index is 229. The first-order valence-corrected chi connectivity index (χ1v) is 6.27. The summed E-state index contributed by atoms with van der Waals surface area (Å²) in [4.78, 5) is 0. The van der Waals surface area contributed by atoms with Crippen LogP contribution in [-0.4, -0.2) is 72.7 Å². The molecule has 0 radical (unpaired) electrons. The van der Waals surface area contributed by atoms with Crippen molar-refractivity contribution in [2.75, 3.05) is 19.0 Å². The van der Waals surface area contributed by atoms with Crippen LogP contribution >= 0.6 is 0 Å². The van der Waals surface area contributed by atoms with Crippen molar-refractivity contribution in [1.29, 1.82) is 0 Å². The van der Waals surface area contributed by atoms with Crippen LogP contribution in [0.1, 0.15) is 26.2 Å². The molecule has 0 amide bonds. The fraction of sp³-hybridized carbons (Fsp3) is 1.00. The quantitative estimate of drug-likeness (QED) is 0.354. The molecular weight excluding hydrogens is 231 g/mol. The summed E-state index contributed by atoms with van der Waals surface area (Å²) in [7, 11) is -4.10. The molecular formula is C8H19NaO5S. The molecule has 0 aromatic carbocycles. The minimum atomic E-state index is -4.10. The molecule has 0 heterocycles. The molecule has 88 valence electrons. The summed E-state index contributed by atoms with van der Waals surface area (Å²) in [6, 6.07) is 0. The Kier molecular flexibility index (Phi) is 12.2. The summed E-state index contributed by atoms with van der Waals surface area (Å²) in [5, 5.41) is 9.08. The van der Waals surface area contributed by atoms with E-state index in [9.17, 15) is 8.42 Å². The third kappa shape index (κ3) is 14.8. The van der Waals surface area contributed by atoms with E-state index in [2.05, 4.69) is 6.92 Å². The first-order chi connectivity index (χ1) is 6.45. The zero-order chi connectivity index (χ0) is 11.0.